The van der Waals surface area contributed by atoms with Crippen LogP contribution >= 0.6 is 0 Å². The van der Waals surface area contributed by atoms with Gasteiger partial charge in [0.05, 0.1) is 0 Å². The third-order valence-corrected chi connectivity index (χ3v) is 6.01. The normalized spacial score (nSPS) is 20.3. The van der Waals surface area contributed by atoms with Gasteiger partial charge in [-0.15, -0.1) is 0 Å². The van der Waals surface area contributed by atoms with Gasteiger partial charge in [0.25, 0.3) is 0 Å². The van der Waals surface area contributed by atoms with E-state index < -0.39 is 0 Å². The van der Waals surface area contributed by atoms with Crippen molar-refractivity contribution in [1.29, 1.82) is 0 Å². The summed E-state index contributed by atoms with van der Waals surface area (Å²) in [6, 6.07) is 5.00. The smallest absolute Gasteiger partial charge is 0.317 e. The minimum atomic E-state index is -0.207. The highest BCUT2D eigenvalue weighted by atomic mass is 19.1. The van der Waals surface area contributed by atoms with Crippen LogP contribution in [-0.4, -0.2) is 70.7 Å². The Morgan fingerprint density at radius 3 is 2.38 bits per heavy atom. The maximum absolute atomic E-state index is 13.7. The fourth-order valence-electron chi connectivity index (χ4n) is 4.49. The molecule has 7 heteroatoms. The number of amides is 2. The molecule has 6 nitrogen and oxygen atoms in total. The lowest BCUT2D eigenvalue weighted by molar-refractivity contribution is -0.0650. The summed E-state index contributed by atoms with van der Waals surface area (Å²) in [5.41, 5.74) is 2.04. The molecule has 158 valence electrons. The molecule has 0 spiro atoms. The van der Waals surface area contributed by atoms with Crippen LogP contribution < -0.4 is 5.32 Å². The minimum Gasteiger partial charge on any atom is -0.361 e. The van der Waals surface area contributed by atoms with E-state index in [0.717, 1.165) is 63.0 Å². The molecule has 2 saturated heterocycles. The number of fused-ring (bicyclic) bond motifs is 1. The number of piperazine rings is 1. The van der Waals surface area contributed by atoms with E-state index in [1.54, 1.807) is 6.07 Å². The molecule has 3 heterocycles. The summed E-state index contributed by atoms with van der Waals surface area (Å²) in [4.78, 5) is 17.6. The topological polar surface area (TPSA) is 54.6 Å². The molecule has 2 aliphatic heterocycles. The van der Waals surface area contributed by atoms with Gasteiger partial charge in [-0.05, 0) is 63.3 Å². The average molecular weight is 402 g/mol. The largest absolute Gasteiger partial charge is 0.361 e. The summed E-state index contributed by atoms with van der Waals surface area (Å²) in [6.07, 6.45) is 4.18. The monoisotopic (exact) mass is 401 g/mol. The summed E-state index contributed by atoms with van der Waals surface area (Å²) >= 11 is 0. The zero-order valence-corrected chi connectivity index (χ0v) is 17.7. The SMILES string of the molecule is CC(C)(C)NC(=O)N1CCN(N2CCC(c3c[nH]c4ccc(F)cc34)CC2)CC1. The predicted molar refractivity (Wildman–Crippen MR) is 113 cm³/mol. The van der Waals surface area contributed by atoms with Crippen LogP contribution in [-0.2, 0) is 0 Å². The third-order valence-electron chi connectivity index (χ3n) is 6.01. The first-order chi connectivity index (χ1) is 13.8. The highest BCUT2D eigenvalue weighted by Gasteiger charge is 2.30. The summed E-state index contributed by atoms with van der Waals surface area (Å²) in [5, 5.41) is 8.89. The lowest BCUT2D eigenvalue weighted by Crippen LogP contribution is -2.59. The predicted octanol–water partition coefficient (Wildman–Crippen LogP) is 3.53. The molecule has 2 amide bonds. The Labute approximate surface area is 172 Å². The van der Waals surface area contributed by atoms with Crippen molar-refractivity contribution in [3.05, 3.63) is 35.8 Å². The Bertz CT molecular complexity index is 858. The Kier molecular flexibility index (Phi) is 5.53. The molecule has 0 aliphatic carbocycles. The number of hydrogen-bond donors (Lipinski definition) is 2. The maximum atomic E-state index is 13.7. The van der Waals surface area contributed by atoms with Crippen LogP contribution in [0, 0.1) is 5.82 Å². The fourth-order valence-corrected chi connectivity index (χ4v) is 4.49. The van der Waals surface area contributed by atoms with E-state index in [4.69, 9.17) is 0 Å². The van der Waals surface area contributed by atoms with E-state index in [2.05, 4.69) is 26.5 Å². The molecule has 0 atom stereocenters. The molecule has 4 rings (SSSR count). The minimum absolute atomic E-state index is 0.0300. The van der Waals surface area contributed by atoms with E-state index in [0.29, 0.717) is 5.92 Å². The van der Waals surface area contributed by atoms with Crippen LogP contribution in [0.3, 0.4) is 0 Å². The first-order valence-electron chi connectivity index (χ1n) is 10.6. The van der Waals surface area contributed by atoms with Crippen LogP contribution in [0.1, 0.15) is 45.1 Å². The number of hydrazine groups is 1. The van der Waals surface area contributed by atoms with Crippen molar-refractivity contribution in [2.75, 3.05) is 39.3 Å². The molecule has 2 fully saturated rings. The number of H-pyrrole nitrogens is 1. The summed E-state index contributed by atoms with van der Waals surface area (Å²) in [7, 11) is 0. The molecule has 1 aromatic heterocycles. The zero-order valence-electron chi connectivity index (χ0n) is 17.7. The molecular formula is C22H32FN5O. The van der Waals surface area contributed by atoms with Crippen LogP contribution in [0.25, 0.3) is 10.9 Å². The average Bonchev–Trinajstić information content (AvgIpc) is 3.10. The first-order valence-corrected chi connectivity index (χ1v) is 10.6. The fraction of sp³-hybridized carbons (Fsp3) is 0.591. The molecule has 2 N–H and O–H groups in total. The Balaban J connectivity index is 1.30. The van der Waals surface area contributed by atoms with Gasteiger partial charge >= 0.3 is 6.03 Å². The molecule has 0 saturated carbocycles. The van der Waals surface area contributed by atoms with E-state index >= 15 is 0 Å². The number of urea groups is 1. The van der Waals surface area contributed by atoms with Crippen molar-refractivity contribution in [2.45, 2.75) is 45.1 Å². The van der Waals surface area contributed by atoms with Crippen molar-refractivity contribution in [3.63, 3.8) is 0 Å². The van der Waals surface area contributed by atoms with Gasteiger partial charge in [0, 0.05) is 61.9 Å². The molecule has 2 aliphatic rings. The molecular weight excluding hydrogens is 369 g/mol. The second-order valence-corrected chi connectivity index (χ2v) is 9.28. The van der Waals surface area contributed by atoms with Crippen LogP contribution in [0.15, 0.2) is 24.4 Å². The van der Waals surface area contributed by atoms with Gasteiger partial charge in [0.2, 0.25) is 0 Å². The highest BCUT2D eigenvalue weighted by molar-refractivity contribution is 5.83. The van der Waals surface area contributed by atoms with Crippen molar-refractivity contribution in [3.8, 4) is 0 Å². The second kappa shape index (κ2) is 7.95. The lowest BCUT2D eigenvalue weighted by Gasteiger charge is -2.44. The number of piperidine rings is 1. The Hall–Kier alpha value is -2.12. The van der Waals surface area contributed by atoms with Crippen molar-refractivity contribution in [1.82, 2.24) is 25.2 Å². The van der Waals surface area contributed by atoms with E-state index in [9.17, 15) is 9.18 Å². The molecule has 2 aromatic rings. The second-order valence-electron chi connectivity index (χ2n) is 9.28. The summed E-state index contributed by atoms with van der Waals surface area (Å²) in [5.74, 6) is 0.282. The van der Waals surface area contributed by atoms with Gasteiger partial charge in [0.15, 0.2) is 0 Å². The molecule has 0 unspecified atom stereocenters. The summed E-state index contributed by atoms with van der Waals surface area (Å²) in [6.45, 7) is 11.3. The number of rotatable bonds is 2. The zero-order chi connectivity index (χ0) is 20.6. The number of aromatic amines is 1. The third kappa shape index (κ3) is 4.56. The number of hydrogen-bond acceptors (Lipinski definition) is 3. The van der Waals surface area contributed by atoms with Crippen molar-refractivity contribution < 1.29 is 9.18 Å². The number of halogens is 1. The van der Waals surface area contributed by atoms with Crippen molar-refractivity contribution in [2.24, 2.45) is 0 Å². The van der Waals surface area contributed by atoms with Gasteiger partial charge in [-0.25, -0.2) is 19.2 Å². The number of nitrogens with one attached hydrogen (secondary N) is 2. The van der Waals surface area contributed by atoms with E-state index in [1.165, 1.54) is 11.6 Å². The van der Waals surface area contributed by atoms with Crippen LogP contribution in [0.5, 0.6) is 0 Å². The van der Waals surface area contributed by atoms with E-state index in [1.807, 2.05) is 31.7 Å². The van der Waals surface area contributed by atoms with Gasteiger partial charge in [-0.1, -0.05) is 0 Å². The Morgan fingerprint density at radius 1 is 1.07 bits per heavy atom. The van der Waals surface area contributed by atoms with Crippen LogP contribution in [0.2, 0.25) is 0 Å². The standard InChI is InChI=1S/C22H32FN5O/c1-22(2,3)25-21(29)26-10-12-28(13-11-26)27-8-6-16(7-9-27)19-15-24-20-5-4-17(23)14-18(19)20/h4-5,14-16,24H,6-13H2,1-3H3,(H,25,29). The van der Waals surface area contributed by atoms with Crippen LogP contribution in [0.4, 0.5) is 9.18 Å². The molecule has 0 bridgehead atoms. The highest BCUT2D eigenvalue weighted by Crippen LogP contribution is 2.34. The van der Waals surface area contributed by atoms with Crippen molar-refractivity contribution >= 4 is 16.9 Å². The van der Waals surface area contributed by atoms with Gasteiger partial charge in [-0.3, -0.25) is 0 Å². The number of benzene rings is 1. The maximum Gasteiger partial charge on any atom is 0.317 e. The number of carbonyl (C=O) groups is 1. The summed E-state index contributed by atoms with van der Waals surface area (Å²) < 4.78 is 13.7. The van der Waals surface area contributed by atoms with Gasteiger partial charge in [-0.2, -0.15) is 0 Å². The van der Waals surface area contributed by atoms with E-state index in [-0.39, 0.29) is 17.4 Å². The van der Waals surface area contributed by atoms with Gasteiger partial charge < -0.3 is 15.2 Å². The lowest BCUT2D eigenvalue weighted by atomic mass is 9.89. The molecule has 0 radical (unpaired) electrons. The molecule has 1 aromatic carbocycles. The van der Waals surface area contributed by atoms with Gasteiger partial charge in [0.1, 0.15) is 5.82 Å². The molecule has 29 heavy (non-hydrogen) atoms. The Morgan fingerprint density at radius 2 is 1.72 bits per heavy atom. The first kappa shape index (κ1) is 20.2. The number of nitrogens with zero attached hydrogens (tertiary/aromatic N) is 3. The quantitative estimate of drug-likeness (QED) is 0.810. The number of carbonyl (C=O) groups excluding carboxylic acids is 1. The number of aromatic nitrogens is 1.